The number of halogens is 1. The number of benzene rings is 4. The van der Waals surface area contributed by atoms with E-state index < -0.39 is 66.1 Å². The van der Waals surface area contributed by atoms with Gasteiger partial charge in [0.05, 0.1) is 12.2 Å². The molecule has 0 aromatic heterocycles. The van der Waals surface area contributed by atoms with Crippen molar-refractivity contribution in [2.75, 3.05) is 86.1 Å². The molecule has 20 nitrogen and oxygen atoms in total. The number of hydrogen-bond donors (Lipinski definition) is 6. The predicted octanol–water partition coefficient (Wildman–Crippen LogP) is 5.15. The number of unbranched alkanes of at least 4 members (excludes halogenated alkanes) is 1. The maximum atomic E-state index is 14.5. The molecular weight excluding hydrogens is 1020 g/mol. The van der Waals surface area contributed by atoms with E-state index in [1.165, 1.54) is 12.2 Å². The fourth-order valence-corrected chi connectivity index (χ4v) is 10.5. The van der Waals surface area contributed by atoms with Crippen LogP contribution in [0.15, 0.2) is 84.9 Å². The molecule has 4 heterocycles. The molecule has 4 aliphatic heterocycles. The summed E-state index contributed by atoms with van der Waals surface area (Å²) >= 11 is 6.57. The zero-order chi connectivity index (χ0) is 55.6. The molecule has 7 N–H and O–H groups in total. The van der Waals surface area contributed by atoms with Gasteiger partial charge in [0.15, 0.2) is 0 Å². The predicted molar refractivity (Wildman–Crippen MR) is 296 cm³/mol. The van der Waals surface area contributed by atoms with Gasteiger partial charge in [-0.1, -0.05) is 38.1 Å². The number of imide groups is 1. The zero-order valence-electron chi connectivity index (χ0n) is 44.1. The van der Waals surface area contributed by atoms with Crippen LogP contribution < -0.4 is 42.0 Å². The van der Waals surface area contributed by atoms with Crippen molar-refractivity contribution in [2.24, 2.45) is 17.6 Å². The maximum Gasteiger partial charge on any atom is 0.415 e. The van der Waals surface area contributed by atoms with Crippen molar-refractivity contribution in [2.45, 2.75) is 76.8 Å². The van der Waals surface area contributed by atoms with E-state index in [-0.39, 0.29) is 61.6 Å². The number of carbonyl (C=O) groups is 9. The van der Waals surface area contributed by atoms with Crippen LogP contribution in [0.2, 0.25) is 0 Å². The summed E-state index contributed by atoms with van der Waals surface area (Å²) in [4.78, 5) is 124. The number of piperazine rings is 1. The molecule has 0 bridgehead atoms. The lowest BCUT2D eigenvalue weighted by molar-refractivity contribution is -0.137. The number of nitrogens with zero attached hydrogens (tertiary/aromatic N) is 4. The number of amides is 8. The summed E-state index contributed by atoms with van der Waals surface area (Å²) in [5, 5.41) is 16.0. The summed E-state index contributed by atoms with van der Waals surface area (Å²) in [5.74, 6) is -3.74. The Bertz CT molecular complexity index is 2980. The monoisotopic (exact) mass is 1090 g/mol. The first kappa shape index (κ1) is 56.5. The number of ether oxygens (including phenoxy) is 1. The number of likely N-dealkylation sites (N-methyl/N-ethyl adjacent to an activating group) is 1. The van der Waals surface area contributed by atoms with Crippen LogP contribution in [0.3, 0.4) is 0 Å². The molecule has 412 valence electrons. The third-order valence-electron chi connectivity index (χ3n) is 14.7. The van der Waals surface area contributed by atoms with Crippen molar-refractivity contribution in [3.63, 3.8) is 0 Å². The quantitative estimate of drug-likeness (QED) is 0.0339. The van der Waals surface area contributed by atoms with E-state index in [2.05, 4.69) is 31.5 Å². The minimum atomic E-state index is -0.981. The van der Waals surface area contributed by atoms with Gasteiger partial charge in [-0.05, 0) is 104 Å². The largest absolute Gasteiger partial charge is 0.415 e. The molecular formula is C57H67ClN10O10. The smallest absolute Gasteiger partial charge is 0.409 e. The summed E-state index contributed by atoms with van der Waals surface area (Å²) in [7, 11) is 2.01. The molecule has 8 rings (SSSR count). The standard InChI is InChI=1S/C57H67ClN10O10/c1-34(2)43(29-40(69)9-8-22-67-50(71)19-20-51(67)72)54(74)60-32-49(70)64-45(12-6-7-21-59)55(75)61-38-15-13-35(14-16-38)53(73)62-39-17-18-44-36(27-39)28-46(63-44)56(76)68-33-37(31-58)52-42-11-5-4-10-41(42)48(30-47(52)68)78-57(77)66-25-23-65(3)24-26-66/h4-5,10-11,13-20,27,30,34,37,43,45-46,63H,6-9,12,21-26,28-29,31-33,59H2,1-3H3,(H,60,74)(H,61,75)(H,62,73)(H,64,70)/t37-,43?,45+,46?/m1/s1. The molecule has 4 aliphatic rings. The second kappa shape index (κ2) is 25.6. The zero-order valence-corrected chi connectivity index (χ0v) is 44.9. The molecule has 0 spiro atoms. The Balaban J connectivity index is 0.836. The fourth-order valence-electron chi connectivity index (χ4n) is 10.3. The van der Waals surface area contributed by atoms with Gasteiger partial charge in [0.1, 0.15) is 23.6 Å². The third-order valence-corrected chi connectivity index (χ3v) is 15.1. The van der Waals surface area contributed by atoms with Crippen molar-refractivity contribution in [1.29, 1.82) is 0 Å². The minimum absolute atomic E-state index is 0.0679. The highest BCUT2D eigenvalue weighted by Gasteiger charge is 2.40. The summed E-state index contributed by atoms with van der Waals surface area (Å²) in [6, 6.07) is 19.5. The van der Waals surface area contributed by atoms with Crippen LogP contribution in [0, 0.1) is 11.8 Å². The van der Waals surface area contributed by atoms with Crippen molar-refractivity contribution in [3.8, 4) is 5.75 Å². The van der Waals surface area contributed by atoms with E-state index in [0.29, 0.717) is 73.8 Å². The number of nitrogens with one attached hydrogen (secondary N) is 5. The maximum absolute atomic E-state index is 14.5. The second-order valence-electron chi connectivity index (χ2n) is 20.6. The highest BCUT2D eigenvalue weighted by Crippen LogP contribution is 2.46. The molecule has 8 amide bonds. The summed E-state index contributed by atoms with van der Waals surface area (Å²) in [6.45, 7) is 6.56. The summed E-state index contributed by atoms with van der Waals surface area (Å²) in [6.07, 6.45) is 3.91. The molecule has 78 heavy (non-hydrogen) atoms. The van der Waals surface area contributed by atoms with Gasteiger partial charge in [0.25, 0.3) is 17.7 Å². The number of nitrogens with two attached hydrogens (primary N) is 1. The van der Waals surface area contributed by atoms with Crippen LogP contribution in [0.1, 0.15) is 79.8 Å². The Labute approximate surface area is 457 Å². The SMILES string of the molecule is CC(C)C(CC(=O)CCCN1C(=O)C=CC1=O)C(=O)NCC(=O)N[C@@H](CCCCN)C(=O)Nc1ccc(C(=O)Nc2ccc3c(c2)CC(C(=O)N2C[C@@H](CCl)c4c2cc(OC(=O)N2CCN(C)CC2)c2ccccc42)N3)cc1. The summed E-state index contributed by atoms with van der Waals surface area (Å²) in [5.41, 5.74) is 10.1. The number of Topliss-reactive ketones (excluding diaryl/α,β-unsaturated/α-hetero) is 1. The van der Waals surface area contributed by atoms with Crippen LogP contribution in [0.25, 0.3) is 10.8 Å². The van der Waals surface area contributed by atoms with Gasteiger partial charge in [-0.3, -0.25) is 43.3 Å². The molecule has 4 atom stereocenters. The summed E-state index contributed by atoms with van der Waals surface area (Å²) < 4.78 is 6.07. The molecule has 0 saturated carbocycles. The Hall–Kier alpha value is -7.68. The molecule has 1 saturated heterocycles. The number of alkyl halides is 1. The van der Waals surface area contributed by atoms with Gasteiger partial charge in [-0.15, -0.1) is 11.6 Å². The highest BCUT2D eigenvalue weighted by molar-refractivity contribution is 6.19. The van der Waals surface area contributed by atoms with E-state index in [0.717, 1.165) is 45.6 Å². The fraction of sp³-hybridized carbons (Fsp3) is 0.421. The second-order valence-corrected chi connectivity index (χ2v) is 20.9. The Morgan fingerprint density at radius 2 is 1.54 bits per heavy atom. The first-order valence-electron chi connectivity index (χ1n) is 26.5. The van der Waals surface area contributed by atoms with E-state index in [1.807, 2.05) is 43.4 Å². The Morgan fingerprint density at radius 1 is 0.833 bits per heavy atom. The van der Waals surface area contributed by atoms with Crippen LogP contribution in [-0.4, -0.2) is 145 Å². The topological polar surface area (TPSA) is 262 Å². The number of fused-ring (bicyclic) bond motifs is 4. The van der Waals surface area contributed by atoms with Crippen LogP contribution >= 0.6 is 11.6 Å². The van der Waals surface area contributed by atoms with E-state index in [9.17, 15) is 43.2 Å². The lowest BCUT2D eigenvalue weighted by Crippen LogP contribution is -2.48. The van der Waals surface area contributed by atoms with Gasteiger partial charge in [0.2, 0.25) is 23.6 Å². The number of hydrogen-bond acceptors (Lipinski definition) is 13. The van der Waals surface area contributed by atoms with Gasteiger partial charge in [-0.25, -0.2) is 4.79 Å². The van der Waals surface area contributed by atoms with E-state index in [1.54, 1.807) is 60.0 Å². The molecule has 2 unspecified atom stereocenters. The van der Waals surface area contributed by atoms with Crippen molar-refractivity contribution in [1.82, 2.24) is 25.3 Å². The molecule has 0 aliphatic carbocycles. The number of ketones is 1. The normalized spacial score (nSPS) is 17.6. The Kier molecular flexibility index (Phi) is 18.6. The first-order valence-corrected chi connectivity index (χ1v) is 27.1. The first-order chi connectivity index (χ1) is 37.5. The lowest BCUT2D eigenvalue weighted by atomic mass is 9.89. The number of anilines is 4. The minimum Gasteiger partial charge on any atom is -0.409 e. The number of rotatable bonds is 22. The lowest BCUT2D eigenvalue weighted by Gasteiger charge is -2.31. The average Bonchev–Trinajstić information content (AvgIpc) is 4.19. The van der Waals surface area contributed by atoms with Crippen molar-refractivity contribution in [3.05, 3.63) is 102 Å². The highest BCUT2D eigenvalue weighted by atomic mass is 35.5. The van der Waals surface area contributed by atoms with Crippen LogP contribution in [0.4, 0.5) is 27.5 Å². The van der Waals surface area contributed by atoms with E-state index >= 15 is 0 Å². The molecule has 1 fully saturated rings. The molecule has 0 radical (unpaired) electrons. The van der Waals surface area contributed by atoms with Gasteiger partial charge < -0.3 is 51.8 Å². The van der Waals surface area contributed by atoms with Gasteiger partial charge in [-0.2, -0.15) is 0 Å². The van der Waals surface area contributed by atoms with Gasteiger partial charge >= 0.3 is 6.09 Å². The molecule has 21 heteroatoms. The molecule has 4 aromatic carbocycles. The average molecular weight is 1090 g/mol. The van der Waals surface area contributed by atoms with Crippen LogP contribution in [0.5, 0.6) is 5.75 Å². The van der Waals surface area contributed by atoms with Crippen molar-refractivity contribution < 1.29 is 47.9 Å². The Morgan fingerprint density at radius 3 is 2.23 bits per heavy atom. The third kappa shape index (κ3) is 13.5. The van der Waals surface area contributed by atoms with Crippen molar-refractivity contribution >= 4 is 98.3 Å². The molecule has 4 aromatic rings. The van der Waals surface area contributed by atoms with Gasteiger partial charge in [0, 0.05) is 122 Å². The van der Waals surface area contributed by atoms with E-state index in [4.69, 9.17) is 22.1 Å². The number of carbonyl (C=O) groups excluding carboxylic acids is 9. The van der Waals surface area contributed by atoms with Crippen LogP contribution in [-0.2, 0) is 40.0 Å².